The number of halogens is 1. The van der Waals surface area contributed by atoms with Crippen LogP contribution in [0.15, 0.2) is 11.0 Å². The number of unbranched alkanes of at least 4 members (excludes halogenated alkanes) is 1. The van der Waals surface area contributed by atoms with Crippen LogP contribution in [-0.4, -0.2) is 15.8 Å². The minimum Gasteiger partial charge on any atom is -0.377 e. The van der Waals surface area contributed by atoms with Crippen LogP contribution < -0.4 is 10.9 Å². The third-order valence-corrected chi connectivity index (χ3v) is 4.30. The first kappa shape index (κ1) is 16.3. The van der Waals surface area contributed by atoms with E-state index in [2.05, 4.69) is 24.3 Å². The number of aromatic nitrogens is 2. The molecule has 1 N–H and O–H groups in total. The van der Waals surface area contributed by atoms with Crippen LogP contribution in [0.5, 0.6) is 0 Å². The van der Waals surface area contributed by atoms with Crippen LogP contribution in [0.3, 0.4) is 0 Å². The van der Waals surface area contributed by atoms with Gasteiger partial charge in [0.2, 0.25) is 0 Å². The Balaban J connectivity index is 2.13. The molecule has 0 saturated heterocycles. The van der Waals surface area contributed by atoms with Crippen molar-refractivity contribution in [2.75, 3.05) is 5.32 Å². The molecule has 1 unspecified atom stereocenters. The highest BCUT2D eigenvalue weighted by molar-refractivity contribution is 6.33. The first-order valence-electron chi connectivity index (χ1n) is 8.17. The van der Waals surface area contributed by atoms with Gasteiger partial charge in [-0.1, -0.05) is 44.7 Å². The van der Waals surface area contributed by atoms with Gasteiger partial charge in [0.15, 0.2) is 0 Å². The van der Waals surface area contributed by atoms with Crippen molar-refractivity contribution in [2.24, 2.45) is 5.92 Å². The lowest BCUT2D eigenvalue weighted by atomic mass is 10.1. The molecule has 1 saturated carbocycles. The van der Waals surface area contributed by atoms with Crippen molar-refractivity contribution in [2.45, 2.75) is 71.4 Å². The van der Waals surface area contributed by atoms with Crippen LogP contribution in [0.1, 0.15) is 58.8 Å². The van der Waals surface area contributed by atoms with Crippen LogP contribution in [-0.2, 0) is 6.54 Å². The van der Waals surface area contributed by atoms with Crippen molar-refractivity contribution < 1.29 is 0 Å². The highest BCUT2D eigenvalue weighted by Gasteiger charge is 2.24. The van der Waals surface area contributed by atoms with Gasteiger partial charge in [-0.3, -0.25) is 4.79 Å². The lowest BCUT2D eigenvalue weighted by Gasteiger charge is -2.20. The summed E-state index contributed by atoms with van der Waals surface area (Å²) in [6, 6.07) is 0.317. The summed E-state index contributed by atoms with van der Waals surface area (Å²) in [7, 11) is 0. The second-order valence-electron chi connectivity index (χ2n) is 6.07. The number of nitrogens with zero attached hydrogens (tertiary/aromatic N) is 2. The third kappa shape index (κ3) is 4.73. The van der Waals surface area contributed by atoms with Gasteiger partial charge in [-0.2, -0.15) is 5.10 Å². The zero-order valence-electron chi connectivity index (χ0n) is 13.1. The summed E-state index contributed by atoms with van der Waals surface area (Å²) in [4.78, 5) is 12.5. The Morgan fingerprint density at radius 3 is 2.76 bits per heavy atom. The summed E-state index contributed by atoms with van der Waals surface area (Å²) >= 11 is 6.19. The minimum absolute atomic E-state index is 0.0769. The summed E-state index contributed by atoms with van der Waals surface area (Å²) < 4.78 is 1.56. The molecule has 4 nitrogen and oxygen atoms in total. The largest absolute Gasteiger partial charge is 0.377 e. The number of hydrogen-bond donors (Lipinski definition) is 1. The maximum Gasteiger partial charge on any atom is 0.291 e. The lowest BCUT2D eigenvalue weighted by Crippen LogP contribution is -2.30. The highest BCUT2D eigenvalue weighted by atomic mass is 35.5. The summed E-state index contributed by atoms with van der Waals surface area (Å²) in [5.41, 5.74) is 0.453. The Bertz CT molecular complexity index is 511. The van der Waals surface area contributed by atoms with E-state index >= 15 is 0 Å². The Kier molecular flexibility index (Phi) is 6.09. The second kappa shape index (κ2) is 7.83. The molecule has 1 aliphatic rings. The first-order chi connectivity index (χ1) is 10.2. The molecule has 5 heteroatoms. The standard InChI is InChI=1S/C16H26ClN3O/c1-3-5-7-13(6-4-2)19-15-14(17)10-18-20(16(15)21)11-12-8-9-12/h10,12-13,19H,3-9,11H2,1-2H3. The SMILES string of the molecule is CCCCC(CCC)Nc1c(Cl)cnn(CC2CC2)c1=O. The quantitative estimate of drug-likeness (QED) is 0.747. The van der Waals surface area contributed by atoms with Crippen molar-refractivity contribution in [3.05, 3.63) is 21.6 Å². The maximum absolute atomic E-state index is 12.5. The summed E-state index contributed by atoms with van der Waals surface area (Å²) in [6.07, 6.45) is 9.56. The summed E-state index contributed by atoms with van der Waals surface area (Å²) in [5.74, 6) is 0.621. The second-order valence-corrected chi connectivity index (χ2v) is 6.48. The van der Waals surface area contributed by atoms with E-state index in [0.29, 0.717) is 22.7 Å². The van der Waals surface area contributed by atoms with Crippen molar-refractivity contribution in [1.29, 1.82) is 0 Å². The molecule has 0 spiro atoms. The molecule has 21 heavy (non-hydrogen) atoms. The van der Waals surface area contributed by atoms with Crippen LogP contribution in [0.2, 0.25) is 5.02 Å². The molecule has 1 fully saturated rings. The number of hydrogen-bond acceptors (Lipinski definition) is 3. The lowest BCUT2D eigenvalue weighted by molar-refractivity contribution is 0.529. The molecule has 1 aromatic heterocycles. The number of anilines is 1. The Morgan fingerprint density at radius 2 is 2.14 bits per heavy atom. The van der Waals surface area contributed by atoms with E-state index in [1.807, 2.05) is 0 Å². The Labute approximate surface area is 131 Å². The molecule has 2 rings (SSSR count). The van der Waals surface area contributed by atoms with Gasteiger partial charge in [-0.15, -0.1) is 0 Å². The molecule has 0 aliphatic heterocycles. The fraction of sp³-hybridized carbons (Fsp3) is 0.750. The van der Waals surface area contributed by atoms with Gasteiger partial charge in [0, 0.05) is 12.6 Å². The van der Waals surface area contributed by atoms with Gasteiger partial charge in [-0.05, 0) is 31.6 Å². The molecule has 0 amide bonds. The molecule has 1 atom stereocenters. The van der Waals surface area contributed by atoms with E-state index in [4.69, 9.17) is 11.6 Å². The fourth-order valence-electron chi connectivity index (χ4n) is 2.57. The normalized spacial score (nSPS) is 16.0. The molecule has 1 heterocycles. The Morgan fingerprint density at radius 1 is 1.38 bits per heavy atom. The maximum atomic E-state index is 12.5. The monoisotopic (exact) mass is 311 g/mol. The molecule has 0 aromatic carbocycles. The molecule has 118 valence electrons. The van der Waals surface area contributed by atoms with Gasteiger partial charge in [0.05, 0.1) is 11.2 Å². The summed E-state index contributed by atoms with van der Waals surface area (Å²) in [6.45, 7) is 5.07. The van der Waals surface area contributed by atoms with Gasteiger partial charge >= 0.3 is 0 Å². The zero-order chi connectivity index (χ0) is 15.2. The molecule has 1 aliphatic carbocycles. The van der Waals surface area contributed by atoms with Crippen LogP contribution in [0.25, 0.3) is 0 Å². The highest BCUT2D eigenvalue weighted by Crippen LogP contribution is 2.30. The van der Waals surface area contributed by atoms with Crippen molar-refractivity contribution in [3.63, 3.8) is 0 Å². The molecule has 0 bridgehead atoms. The van der Waals surface area contributed by atoms with Gasteiger partial charge in [-0.25, -0.2) is 4.68 Å². The van der Waals surface area contributed by atoms with E-state index in [9.17, 15) is 4.79 Å². The van der Waals surface area contributed by atoms with E-state index in [0.717, 1.165) is 38.6 Å². The van der Waals surface area contributed by atoms with E-state index < -0.39 is 0 Å². The molecule has 1 aromatic rings. The van der Waals surface area contributed by atoms with Gasteiger partial charge in [0.1, 0.15) is 5.69 Å². The van der Waals surface area contributed by atoms with Crippen molar-refractivity contribution >= 4 is 17.3 Å². The van der Waals surface area contributed by atoms with E-state index in [1.54, 1.807) is 10.9 Å². The average Bonchev–Trinajstić information content (AvgIpc) is 3.28. The third-order valence-electron chi connectivity index (χ3n) is 4.02. The topological polar surface area (TPSA) is 46.9 Å². The fourth-order valence-corrected chi connectivity index (χ4v) is 2.75. The predicted octanol–water partition coefficient (Wildman–Crippen LogP) is 4.08. The van der Waals surface area contributed by atoms with E-state index in [1.165, 1.54) is 12.8 Å². The summed E-state index contributed by atoms with van der Waals surface area (Å²) in [5, 5.41) is 7.98. The minimum atomic E-state index is -0.0769. The smallest absolute Gasteiger partial charge is 0.291 e. The van der Waals surface area contributed by atoms with Crippen LogP contribution in [0, 0.1) is 5.92 Å². The van der Waals surface area contributed by atoms with Crippen molar-refractivity contribution in [3.8, 4) is 0 Å². The molecule has 0 radical (unpaired) electrons. The number of rotatable bonds is 9. The first-order valence-corrected chi connectivity index (χ1v) is 8.55. The van der Waals surface area contributed by atoms with E-state index in [-0.39, 0.29) is 5.56 Å². The number of nitrogens with one attached hydrogen (secondary N) is 1. The Hall–Kier alpha value is -1.03. The van der Waals surface area contributed by atoms with Crippen LogP contribution in [0.4, 0.5) is 5.69 Å². The molecular weight excluding hydrogens is 286 g/mol. The predicted molar refractivity (Wildman–Crippen MR) is 88.1 cm³/mol. The average molecular weight is 312 g/mol. The van der Waals surface area contributed by atoms with Gasteiger partial charge < -0.3 is 5.32 Å². The van der Waals surface area contributed by atoms with Crippen LogP contribution >= 0.6 is 11.6 Å². The van der Waals surface area contributed by atoms with Gasteiger partial charge in [0.25, 0.3) is 5.56 Å². The molecular formula is C16H26ClN3O. The van der Waals surface area contributed by atoms with Crippen molar-refractivity contribution in [1.82, 2.24) is 9.78 Å². The zero-order valence-corrected chi connectivity index (χ0v) is 13.8.